The second kappa shape index (κ2) is 10.2. The zero-order valence-corrected chi connectivity index (χ0v) is 23.3. The Balaban J connectivity index is 1.56. The van der Waals surface area contributed by atoms with Crippen LogP contribution in [0.1, 0.15) is 33.4 Å². The summed E-state index contributed by atoms with van der Waals surface area (Å²) in [5.74, 6) is 1.44. The van der Waals surface area contributed by atoms with Gasteiger partial charge in [-0.05, 0) is 98.2 Å². The van der Waals surface area contributed by atoms with Crippen molar-refractivity contribution in [2.45, 2.75) is 41.5 Å². The van der Waals surface area contributed by atoms with Crippen LogP contribution in [0, 0.1) is 41.5 Å². The minimum Gasteiger partial charge on any atom is -0.344 e. The predicted octanol–water partition coefficient (Wildman–Crippen LogP) is 8.49. The van der Waals surface area contributed by atoms with Crippen molar-refractivity contribution < 1.29 is 0 Å². The fourth-order valence-electron chi connectivity index (χ4n) is 5.47. The summed E-state index contributed by atoms with van der Waals surface area (Å²) in [5.41, 5.74) is 14.1. The second-order valence-electron chi connectivity index (χ2n) is 10.1. The summed E-state index contributed by atoms with van der Waals surface area (Å²) >= 11 is 0. The van der Waals surface area contributed by atoms with E-state index >= 15 is 0 Å². The van der Waals surface area contributed by atoms with Crippen molar-refractivity contribution in [3.05, 3.63) is 113 Å². The minimum absolute atomic E-state index is 0.722. The van der Waals surface area contributed by atoms with Gasteiger partial charge < -0.3 is 4.90 Å². The van der Waals surface area contributed by atoms with Crippen LogP contribution in [0.15, 0.2) is 79.1 Å². The molecular weight excluding hydrogens is 464 g/mol. The maximum Gasteiger partial charge on any atom is 0.163 e. The Kier molecular flexibility index (Phi) is 6.81. The van der Waals surface area contributed by atoms with Crippen LogP contribution >= 0.6 is 0 Å². The maximum absolute atomic E-state index is 4.97. The number of aromatic nitrogens is 3. The van der Waals surface area contributed by atoms with E-state index in [0.717, 1.165) is 28.5 Å². The summed E-state index contributed by atoms with van der Waals surface area (Å²) in [6.07, 6.45) is 1.64. The first-order chi connectivity index (χ1) is 18.3. The molecule has 0 N–H and O–H groups in total. The lowest BCUT2D eigenvalue weighted by atomic mass is 9.90. The average Bonchev–Trinajstić information content (AvgIpc) is 2.93. The van der Waals surface area contributed by atoms with E-state index in [2.05, 4.69) is 130 Å². The van der Waals surface area contributed by atoms with Gasteiger partial charge in [-0.1, -0.05) is 60.7 Å². The van der Waals surface area contributed by atoms with Gasteiger partial charge >= 0.3 is 0 Å². The van der Waals surface area contributed by atoms with Gasteiger partial charge in [0, 0.05) is 29.5 Å². The molecule has 4 nitrogen and oxygen atoms in total. The number of rotatable bonds is 5. The number of hydrogen-bond donors (Lipinski definition) is 0. The van der Waals surface area contributed by atoms with Crippen LogP contribution in [-0.2, 0) is 0 Å². The molecule has 0 bridgehead atoms. The normalized spacial score (nSPS) is 11.0. The third-order valence-corrected chi connectivity index (χ3v) is 7.78. The molecule has 5 rings (SSSR count). The van der Waals surface area contributed by atoms with Crippen molar-refractivity contribution in [1.29, 1.82) is 0 Å². The van der Waals surface area contributed by atoms with E-state index in [1.165, 1.54) is 50.2 Å². The van der Waals surface area contributed by atoms with Gasteiger partial charge in [-0.2, -0.15) is 0 Å². The molecule has 0 unspecified atom stereocenters. The average molecular weight is 499 g/mol. The topological polar surface area (TPSA) is 41.9 Å². The molecule has 0 saturated carbocycles. The van der Waals surface area contributed by atoms with Gasteiger partial charge in [-0.15, -0.1) is 0 Å². The largest absolute Gasteiger partial charge is 0.344 e. The Labute approximate surface area is 226 Å². The standard InChI is InChI=1S/C34H34N4/c1-21-12-11-13-22(2)30(21)33-35-20-36-34(37-33)31-23(3)25(5)32(26(6)24(31)4)38(7)29-18-16-28(17-19-29)27-14-9-8-10-15-27/h8-20H,1-7H3. The van der Waals surface area contributed by atoms with E-state index in [-0.39, 0.29) is 0 Å². The maximum atomic E-state index is 4.97. The molecule has 1 heterocycles. The minimum atomic E-state index is 0.722. The molecule has 0 aliphatic rings. The number of nitrogens with zero attached hydrogens (tertiary/aromatic N) is 4. The van der Waals surface area contributed by atoms with Crippen LogP contribution < -0.4 is 4.90 Å². The van der Waals surface area contributed by atoms with Crippen LogP contribution in [0.5, 0.6) is 0 Å². The fraction of sp³-hybridized carbons (Fsp3) is 0.206. The Bertz CT molecular complexity index is 1570. The Morgan fingerprint density at radius 1 is 0.526 bits per heavy atom. The van der Waals surface area contributed by atoms with Gasteiger partial charge in [0.25, 0.3) is 0 Å². The van der Waals surface area contributed by atoms with Crippen molar-refractivity contribution in [1.82, 2.24) is 15.0 Å². The fourth-order valence-corrected chi connectivity index (χ4v) is 5.47. The molecule has 0 spiro atoms. The highest BCUT2D eigenvalue weighted by atomic mass is 15.1. The molecule has 4 aromatic carbocycles. The highest BCUT2D eigenvalue weighted by molar-refractivity contribution is 5.81. The number of aryl methyl sites for hydroxylation is 2. The van der Waals surface area contributed by atoms with Gasteiger partial charge in [-0.3, -0.25) is 0 Å². The molecule has 5 aromatic rings. The smallest absolute Gasteiger partial charge is 0.163 e. The van der Waals surface area contributed by atoms with Crippen molar-refractivity contribution in [2.24, 2.45) is 0 Å². The van der Waals surface area contributed by atoms with E-state index in [1.807, 2.05) is 6.07 Å². The zero-order chi connectivity index (χ0) is 27.0. The molecule has 1 aromatic heterocycles. The zero-order valence-electron chi connectivity index (χ0n) is 23.3. The van der Waals surface area contributed by atoms with Gasteiger partial charge in [0.15, 0.2) is 11.6 Å². The number of benzene rings is 4. The molecule has 0 atom stereocenters. The summed E-state index contributed by atoms with van der Waals surface area (Å²) in [5, 5.41) is 0. The quantitative estimate of drug-likeness (QED) is 0.244. The summed E-state index contributed by atoms with van der Waals surface area (Å²) < 4.78 is 0. The Morgan fingerprint density at radius 3 is 1.63 bits per heavy atom. The predicted molar refractivity (Wildman–Crippen MR) is 159 cm³/mol. The van der Waals surface area contributed by atoms with Crippen LogP contribution in [0.3, 0.4) is 0 Å². The lowest BCUT2D eigenvalue weighted by Crippen LogP contribution is -2.15. The van der Waals surface area contributed by atoms with E-state index in [1.54, 1.807) is 6.33 Å². The van der Waals surface area contributed by atoms with Crippen LogP contribution in [-0.4, -0.2) is 22.0 Å². The molecule has 38 heavy (non-hydrogen) atoms. The Morgan fingerprint density at radius 2 is 1.05 bits per heavy atom. The lowest BCUT2D eigenvalue weighted by Gasteiger charge is -2.28. The SMILES string of the molecule is Cc1cccc(C)c1-c1ncnc(-c2c(C)c(C)c(N(C)c3ccc(-c4ccccc4)cc3)c(C)c2C)n1. The first-order valence-corrected chi connectivity index (χ1v) is 13.0. The van der Waals surface area contributed by atoms with Crippen LogP contribution in [0.25, 0.3) is 33.9 Å². The molecular formula is C34H34N4. The van der Waals surface area contributed by atoms with Crippen molar-refractivity contribution in [3.8, 4) is 33.9 Å². The van der Waals surface area contributed by atoms with Crippen molar-refractivity contribution >= 4 is 11.4 Å². The van der Waals surface area contributed by atoms with Gasteiger partial charge in [0.2, 0.25) is 0 Å². The number of anilines is 2. The Hall–Kier alpha value is -4.31. The number of hydrogen-bond acceptors (Lipinski definition) is 4. The molecule has 0 aliphatic heterocycles. The third-order valence-electron chi connectivity index (χ3n) is 7.78. The monoisotopic (exact) mass is 498 g/mol. The molecule has 0 saturated heterocycles. The first-order valence-electron chi connectivity index (χ1n) is 13.0. The molecule has 0 radical (unpaired) electrons. The van der Waals surface area contributed by atoms with E-state index in [9.17, 15) is 0 Å². The van der Waals surface area contributed by atoms with Gasteiger partial charge in [-0.25, -0.2) is 15.0 Å². The third kappa shape index (κ3) is 4.47. The summed E-state index contributed by atoms with van der Waals surface area (Å²) in [6.45, 7) is 13.0. The van der Waals surface area contributed by atoms with E-state index in [4.69, 9.17) is 4.98 Å². The van der Waals surface area contributed by atoms with Crippen molar-refractivity contribution in [2.75, 3.05) is 11.9 Å². The second-order valence-corrected chi connectivity index (χ2v) is 10.1. The lowest BCUT2D eigenvalue weighted by molar-refractivity contribution is 1.04. The molecule has 0 amide bonds. The summed E-state index contributed by atoms with van der Waals surface area (Å²) in [7, 11) is 2.15. The molecule has 0 aliphatic carbocycles. The molecule has 0 fully saturated rings. The highest BCUT2D eigenvalue weighted by Crippen LogP contribution is 2.40. The van der Waals surface area contributed by atoms with E-state index in [0.29, 0.717) is 0 Å². The summed E-state index contributed by atoms with van der Waals surface area (Å²) in [4.78, 5) is 16.4. The molecule has 190 valence electrons. The van der Waals surface area contributed by atoms with Crippen LogP contribution in [0.4, 0.5) is 11.4 Å². The molecule has 4 heteroatoms. The first kappa shape index (κ1) is 25.3. The highest BCUT2D eigenvalue weighted by Gasteiger charge is 2.21. The van der Waals surface area contributed by atoms with Crippen molar-refractivity contribution in [3.63, 3.8) is 0 Å². The van der Waals surface area contributed by atoms with Gasteiger partial charge in [0.1, 0.15) is 6.33 Å². The summed E-state index contributed by atoms with van der Waals surface area (Å²) in [6, 6.07) is 25.6. The van der Waals surface area contributed by atoms with Crippen LogP contribution in [0.2, 0.25) is 0 Å². The van der Waals surface area contributed by atoms with E-state index < -0.39 is 0 Å². The van der Waals surface area contributed by atoms with Gasteiger partial charge in [0.05, 0.1) is 0 Å².